The van der Waals surface area contributed by atoms with E-state index >= 15 is 0 Å². The van der Waals surface area contributed by atoms with E-state index in [0.29, 0.717) is 19.0 Å². The molecule has 4 rings (SSSR count). The van der Waals surface area contributed by atoms with Crippen LogP contribution in [0.4, 0.5) is 4.39 Å². The molecule has 134 valence electrons. The Kier molecular flexibility index (Phi) is 4.71. The lowest BCUT2D eigenvalue weighted by atomic mass is 10.1. The number of hydrogen-bond acceptors (Lipinski definition) is 4. The number of fused-ring (bicyclic) bond motifs is 2. The maximum Gasteiger partial charge on any atom is 0.218 e. The van der Waals surface area contributed by atoms with E-state index in [0.717, 1.165) is 47.5 Å². The van der Waals surface area contributed by atoms with E-state index in [4.69, 9.17) is 14.5 Å². The summed E-state index contributed by atoms with van der Waals surface area (Å²) in [6.45, 7) is 5.58. The highest BCUT2D eigenvalue weighted by molar-refractivity contribution is 5.83. The highest BCUT2D eigenvalue weighted by atomic mass is 19.1. The average Bonchev–Trinajstić information content (AvgIpc) is 2.84. The van der Waals surface area contributed by atoms with Crippen molar-refractivity contribution in [1.82, 2.24) is 9.88 Å². The lowest BCUT2D eigenvalue weighted by molar-refractivity contribution is 0.185. The van der Waals surface area contributed by atoms with Crippen molar-refractivity contribution in [2.75, 3.05) is 26.3 Å². The molecule has 0 saturated carbocycles. The van der Waals surface area contributed by atoms with E-state index in [1.54, 1.807) is 12.1 Å². The highest BCUT2D eigenvalue weighted by Crippen LogP contribution is 2.27. The first-order chi connectivity index (χ1) is 12.7. The predicted octanol–water partition coefficient (Wildman–Crippen LogP) is 3.96. The van der Waals surface area contributed by atoms with Gasteiger partial charge in [0.1, 0.15) is 24.8 Å². The Hall–Kier alpha value is -2.66. The third-order valence-corrected chi connectivity index (χ3v) is 4.62. The third kappa shape index (κ3) is 3.63. The Bertz CT molecular complexity index is 912. The van der Waals surface area contributed by atoms with Crippen LogP contribution in [0.15, 0.2) is 48.5 Å². The molecule has 26 heavy (non-hydrogen) atoms. The fourth-order valence-electron chi connectivity index (χ4n) is 3.22. The minimum atomic E-state index is -0.256. The van der Waals surface area contributed by atoms with Crippen molar-refractivity contribution in [2.45, 2.75) is 13.5 Å². The molecule has 1 aliphatic rings. The molecule has 1 aromatic heterocycles. The molecule has 0 unspecified atom stereocenters. The zero-order valence-electron chi connectivity index (χ0n) is 14.7. The number of halogens is 1. The summed E-state index contributed by atoms with van der Waals surface area (Å²) in [5.41, 5.74) is 3.25. The van der Waals surface area contributed by atoms with Crippen LogP contribution in [-0.2, 0) is 6.54 Å². The number of nitrogens with zero attached hydrogens (tertiary/aromatic N) is 2. The van der Waals surface area contributed by atoms with Gasteiger partial charge in [0.2, 0.25) is 5.88 Å². The molecular formula is C21H21FN2O2. The van der Waals surface area contributed by atoms with Crippen molar-refractivity contribution in [3.63, 3.8) is 0 Å². The van der Waals surface area contributed by atoms with Gasteiger partial charge in [-0.25, -0.2) is 9.37 Å². The van der Waals surface area contributed by atoms with E-state index in [-0.39, 0.29) is 5.82 Å². The molecule has 0 aliphatic carbocycles. The van der Waals surface area contributed by atoms with E-state index in [1.165, 1.54) is 12.1 Å². The van der Waals surface area contributed by atoms with Crippen LogP contribution in [0, 0.1) is 12.7 Å². The van der Waals surface area contributed by atoms with Gasteiger partial charge in [-0.2, -0.15) is 0 Å². The minimum Gasteiger partial charge on any atom is -0.492 e. The Balaban J connectivity index is 1.44. The van der Waals surface area contributed by atoms with Crippen LogP contribution >= 0.6 is 0 Å². The fraction of sp³-hybridized carbons (Fsp3) is 0.286. The SMILES string of the molecule is Cc1cccc2cc3c(nc12)OCCN(CCOc1ccc(F)cc1)C3. The normalized spacial score (nSPS) is 14.5. The number of para-hydroxylation sites is 1. The molecule has 3 aromatic rings. The molecule has 0 atom stereocenters. The van der Waals surface area contributed by atoms with Gasteiger partial charge in [0, 0.05) is 30.6 Å². The first kappa shape index (κ1) is 16.8. The second-order valence-corrected chi connectivity index (χ2v) is 6.53. The number of rotatable bonds is 4. The molecule has 0 saturated heterocycles. The summed E-state index contributed by atoms with van der Waals surface area (Å²) in [5.74, 6) is 1.16. The fourth-order valence-corrected chi connectivity index (χ4v) is 3.22. The van der Waals surface area contributed by atoms with Crippen LogP contribution in [-0.4, -0.2) is 36.2 Å². The van der Waals surface area contributed by atoms with Gasteiger partial charge >= 0.3 is 0 Å². The van der Waals surface area contributed by atoms with E-state index in [9.17, 15) is 4.39 Å². The Morgan fingerprint density at radius 2 is 2.04 bits per heavy atom. The van der Waals surface area contributed by atoms with Gasteiger partial charge < -0.3 is 9.47 Å². The second kappa shape index (κ2) is 7.30. The molecule has 0 bridgehead atoms. The van der Waals surface area contributed by atoms with E-state index < -0.39 is 0 Å². The van der Waals surface area contributed by atoms with Gasteiger partial charge in [0.15, 0.2) is 0 Å². The number of aryl methyl sites for hydroxylation is 1. The van der Waals surface area contributed by atoms with Gasteiger partial charge in [-0.05, 0) is 42.8 Å². The molecule has 2 heterocycles. The predicted molar refractivity (Wildman–Crippen MR) is 99.1 cm³/mol. The molecule has 0 amide bonds. The summed E-state index contributed by atoms with van der Waals surface area (Å²) in [4.78, 5) is 7.02. The van der Waals surface area contributed by atoms with E-state index in [1.807, 2.05) is 0 Å². The van der Waals surface area contributed by atoms with Crippen LogP contribution in [0.5, 0.6) is 11.6 Å². The van der Waals surface area contributed by atoms with Crippen molar-refractivity contribution >= 4 is 10.9 Å². The molecule has 1 aliphatic heterocycles. The molecule has 5 heteroatoms. The average molecular weight is 352 g/mol. The van der Waals surface area contributed by atoms with Crippen molar-refractivity contribution in [3.8, 4) is 11.6 Å². The number of ether oxygens (including phenoxy) is 2. The van der Waals surface area contributed by atoms with Gasteiger partial charge in [0.05, 0.1) is 5.52 Å². The standard InChI is InChI=1S/C21H21FN2O2/c1-15-3-2-4-16-13-17-14-24(10-12-26-21(17)23-20(15)16)9-11-25-19-7-5-18(22)6-8-19/h2-8,13H,9-12,14H2,1H3. The van der Waals surface area contributed by atoms with Gasteiger partial charge in [-0.3, -0.25) is 4.90 Å². The first-order valence-electron chi connectivity index (χ1n) is 8.82. The zero-order valence-corrected chi connectivity index (χ0v) is 14.7. The molecule has 0 radical (unpaired) electrons. The lowest BCUT2D eigenvalue weighted by Gasteiger charge is -2.19. The second-order valence-electron chi connectivity index (χ2n) is 6.53. The number of aromatic nitrogens is 1. The van der Waals surface area contributed by atoms with Crippen LogP contribution in [0.2, 0.25) is 0 Å². The Morgan fingerprint density at radius 3 is 2.88 bits per heavy atom. The molecule has 4 nitrogen and oxygen atoms in total. The van der Waals surface area contributed by atoms with Gasteiger partial charge in [-0.15, -0.1) is 0 Å². The maximum atomic E-state index is 12.9. The summed E-state index contributed by atoms with van der Waals surface area (Å²) in [6.07, 6.45) is 0. The summed E-state index contributed by atoms with van der Waals surface area (Å²) in [6, 6.07) is 14.5. The lowest BCUT2D eigenvalue weighted by Crippen LogP contribution is -2.30. The van der Waals surface area contributed by atoms with Crippen molar-refractivity contribution in [3.05, 3.63) is 65.5 Å². The molecule has 0 fully saturated rings. The van der Waals surface area contributed by atoms with Crippen LogP contribution in [0.25, 0.3) is 10.9 Å². The minimum absolute atomic E-state index is 0.256. The zero-order chi connectivity index (χ0) is 17.9. The highest BCUT2D eigenvalue weighted by Gasteiger charge is 2.17. The summed E-state index contributed by atoms with van der Waals surface area (Å²) in [5, 5.41) is 1.14. The van der Waals surface area contributed by atoms with Crippen molar-refractivity contribution in [2.24, 2.45) is 0 Å². The summed E-state index contributed by atoms with van der Waals surface area (Å²) >= 11 is 0. The topological polar surface area (TPSA) is 34.6 Å². The number of benzene rings is 2. The number of hydrogen-bond donors (Lipinski definition) is 0. The molecule has 2 aromatic carbocycles. The van der Waals surface area contributed by atoms with Crippen molar-refractivity contribution in [1.29, 1.82) is 0 Å². The number of pyridine rings is 1. The van der Waals surface area contributed by atoms with E-state index in [2.05, 4.69) is 36.1 Å². The Morgan fingerprint density at radius 1 is 1.19 bits per heavy atom. The van der Waals surface area contributed by atoms with Crippen molar-refractivity contribution < 1.29 is 13.9 Å². The molecule has 0 N–H and O–H groups in total. The molecular weight excluding hydrogens is 331 g/mol. The van der Waals surface area contributed by atoms with Gasteiger partial charge in [0.25, 0.3) is 0 Å². The maximum absolute atomic E-state index is 12.9. The monoisotopic (exact) mass is 352 g/mol. The van der Waals surface area contributed by atoms with Crippen LogP contribution in [0.1, 0.15) is 11.1 Å². The third-order valence-electron chi connectivity index (χ3n) is 4.62. The van der Waals surface area contributed by atoms with Crippen LogP contribution < -0.4 is 9.47 Å². The smallest absolute Gasteiger partial charge is 0.218 e. The largest absolute Gasteiger partial charge is 0.492 e. The molecule has 0 spiro atoms. The first-order valence-corrected chi connectivity index (χ1v) is 8.82. The Labute approximate surface area is 152 Å². The van der Waals surface area contributed by atoms with Crippen LogP contribution in [0.3, 0.4) is 0 Å². The summed E-state index contributed by atoms with van der Waals surface area (Å²) < 4.78 is 24.5. The quantitative estimate of drug-likeness (QED) is 0.712. The van der Waals surface area contributed by atoms with Gasteiger partial charge in [-0.1, -0.05) is 18.2 Å². The summed E-state index contributed by atoms with van der Waals surface area (Å²) in [7, 11) is 0.